The molecular weight excluding hydrogens is 226 g/mol. The zero-order valence-corrected chi connectivity index (χ0v) is 8.99. The van der Waals surface area contributed by atoms with Crippen molar-refractivity contribution in [3.63, 3.8) is 0 Å². The second kappa shape index (κ2) is 3.61. The molecule has 88 valence electrons. The number of carbonyl (C=O) groups is 1. The minimum absolute atomic E-state index is 0.0407. The van der Waals surface area contributed by atoms with E-state index in [4.69, 9.17) is 0 Å². The average molecular weight is 236 g/mol. The number of hydrogen-bond donors (Lipinski definition) is 0. The third-order valence-corrected chi connectivity index (χ3v) is 3.21. The minimum Gasteiger partial charge on any atom is -0.331 e. The Bertz CT molecular complexity index is 527. The highest BCUT2D eigenvalue weighted by molar-refractivity contribution is 6.02. The molecule has 1 aromatic rings. The fraction of sp³-hybridized carbons (Fsp3) is 0.333. The fourth-order valence-electron chi connectivity index (χ4n) is 2.34. The summed E-state index contributed by atoms with van der Waals surface area (Å²) in [5.74, 6) is -2.25. The van der Waals surface area contributed by atoms with Crippen LogP contribution in [0.15, 0.2) is 17.1 Å². The maximum Gasteiger partial charge on any atom is 0.256 e. The largest absolute Gasteiger partial charge is 0.331 e. The molecule has 17 heavy (non-hydrogen) atoms. The van der Waals surface area contributed by atoms with Crippen molar-refractivity contribution in [1.29, 1.82) is 0 Å². The molecule has 0 saturated carbocycles. The average Bonchev–Trinajstić information content (AvgIpc) is 2.73. The zero-order valence-electron chi connectivity index (χ0n) is 8.99. The summed E-state index contributed by atoms with van der Waals surface area (Å²) in [6.07, 6.45) is 3.42. The maximum atomic E-state index is 13.2. The summed E-state index contributed by atoms with van der Waals surface area (Å²) in [5, 5.41) is 0. The summed E-state index contributed by atoms with van der Waals surface area (Å²) in [4.78, 5) is 17.9. The van der Waals surface area contributed by atoms with Gasteiger partial charge in [-0.2, -0.15) is 0 Å². The molecule has 2 heterocycles. The van der Waals surface area contributed by atoms with Crippen molar-refractivity contribution in [1.82, 2.24) is 4.90 Å². The molecule has 1 saturated heterocycles. The Morgan fingerprint density at radius 2 is 2.06 bits per heavy atom. The highest BCUT2D eigenvalue weighted by atomic mass is 19.2. The van der Waals surface area contributed by atoms with E-state index in [1.54, 1.807) is 11.1 Å². The van der Waals surface area contributed by atoms with E-state index in [1.807, 2.05) is 0 Å². The number of halogens is 2. The van der Waals surface area contributed by atoms with E-state index in [0.717, 1.165) is 25.0 Å². The molecule has 0 aromatic heterocycles. The normalized spacial score (nSPS) is 22.4. The zero-order chi connectivity index (χ0) is 12.0. The molecule has 3 nitrogen and oxygen atoms in total. The number of rotatable bonds is 0. The molecular formula is C12H10F2N2O. The molecule has 0 aliphatic carbocycles. The van der Waals surface area contributed by atoms with Crippen molar-refractivity contribution in [3.8, 4) is 0 Å². The van der Waals surface area contributed by atoms with E-state index in [9.17, 15) is 13.6 Å². The Hall–Kier alpha value is -1.78. The van der Waals surface area contributed by atoms with Crippen LogP contribution in [0.25, 0.3) is 0 Å². The van der Waals surface area contributed by atoms with Crippen LogP contribution >= 0.6 is 0 Å². The SMILES string of the molecule is O=C1c2cc(F)c(F)cc2N=C[C@@H]2CCCN12. The van der Waals surface area contributed by atoms with E-state index in [1.165, 1.54) is 0 Å². The van der Waals surface area contributed by atoms with Crippen LogP contribution in [0.4, 0.5) is 14.5 Å². The predicted molar refractivity (Wildman–Crippen MR) is 58.6 cm³/mol. The van der Waals surface area contributed by atoms with Crippen LogP contribution in [0.2, 0.25) is 0 Å². The van der Waals surface area contributed by atoms with Crippen LogP contribution in [0.3, 0.4) is 0 Å². The smallest absolute Gasteiger partial charge is 0.256 e. The molecule has 3 rings (SSSR count). The van der Waals surface area contributed by atoms with E-state index in [0.29, 0.717) is 6.54 Å². The lowest BCUT2D eigenvalue weighted by Crippen LogP contribution is -2.35. The first kappa shape index (κ1) is 10.4. The molecule has 1 atom stereocenters. The van der Waals surface area contributed by atoms with Crippen molar-refractivity contribution >= 4 is 17.8 Å². The van der Waals surface area contributed by atoms with Gasteiger partial charge in [0.25, 0.3) is 5.91 Å². The summed E-state index contributed by atoms with van der Waals surface area (Å²) in [6, 6.07) is 1.87. The lowest BCUT2D eigenvalue weighted by atomic mass is 10.1. The van der Waals surface area contributed by atoms with Crippen LogP contribution in [0.1, 0.15) is 23.2 Å². The second-order valence-corrected chi connectivity index (χ2v) is 4.27. The number of aliphatic imine (C=N–C) groups is 1. The van der Waals surface area contributed by atoms with Gasteiger partial charge in [-0.3, -0.25) is 9.79 Å². The van der Waals surface area contributed by atoms with Crippen molar-refractivity contribution in [2.45, 2.75) is 18.9 Å². The first-order valence-corrected chi connectivity index (χ1v) is 5.51. The summed E-state index contributed by atoms with van der Waals surface area (Å²) < 4.78 is 26.2. The van der Waals surface area contributed by atoms with Crippen LogP contribution in [0.5, 0.6) is 0 Å². The maximum absolute atomic E-state index is 13.2. The van der Waals surface area contributed by atoms with Crippen molar-refractivity contribution in [2.75, 3.05) is 6.54 Å². The number of benzene rings is 1. The van der Waals surface area contributed by atoms with Gasteiger partial charge in [0, 0.05) is 18.8 Å². The number of amides is 1. The molecule has 2 aliphatic heterocycles. The van der Waals surface area contributed by atoms with Gasteiger partial charge < -0.3 is 4.90 Å². The Labute approximate surface area is 96.8 Å². The van der Waals surface area contributed by atoms with Crippen molar-refractivity contribution in [2.24, 2.45) is 4.99 Å². The summed E-state index contributed by atoms with van der Waals surface area (Å²) in [5.41, 5.74) is 0.354. The predicted octanol–water partition coefficient (Wildman–Crippen LogP) is 2.29. The molecule has 0 radical (unpaired) electrons. The van der Waals surface area contributed by atoms with E-state index >= 15 is 0 Å². The molecule has 0 bridgehead atoms. The van der Waals surface area contributed by atoms with Crippen molar-refractivity contribution < 1.29 is 13.6 Å². The number of fused-ring (bicyclic) bond motifs is 2. The molecule has 0 spiro atoms. The Morgan fingerprint density at radius 1 is 1.29 bits per heavy atom. The van der Waals surface area contributed by atoms with Gasteiger partial charge in [0.05, 0.1) is 17.3 Å². The van der Waals surface area contributed by atoms with Gasteiger partial charge in [0.2, 0.25) is 0 Å². The molecule has 0 unspecified atom stereocenters. The molecule has 0 N–H and O–H groups in total. The standard InChI is InChI=1S/C12H10F2N2O/c13-9-4-8-11(5-10(9)14)15-6-7-2-1-3-16(7)12(8)17/h4-7H,1-3H2/t7-/m0/s1. The minimum atomic E-state index is -1.01. The monoisotopic (exact) mass is 236 g/mol. The van der Waals surface area contributed by atoms with E-state index in [2.05, 4.69) is 4.99 Å². The summed E-state index contributed by atoms with van der Waals surface area (Å²) in [7, 11) is 0. The van der Waals surface area contributed by atoms with Gasteiger partial charge in [0.15, 0.2) is 11.6 Å². The summed E-state index contributed by atoms with van der Waals surface area (Å²) in [6.45, 7) is 0.647. The third-order valence-electron chi connectivity index (χ3n) is 3.21. The molecule has 1 amide bonds. The van der Waals surface area contributed by atoms with Crippen LogP contribution < -0.4 is 0 Å². The van der Waals surface area contributed by atoms with Gasteiger partial charge in [0.1, 0.15) is 0 Å². The van der Waals surface area contributed by atoms with Crippen LogP contribution in [-0.4, -0.2) is 29.6 Å². The number of carbonyl (C=O) groups excluding carboxylic acids is 1. The first-order chi connectivity index (χ1) is 8.16. The third kappa shape index (κ3) is 1.53. The summed E-state index contributed by atoms with van der Waals surface area (Å²) >= 11 is 0. The first-order valence-electron chi connectivity index (χ1n) is 5.51. The van der Waals surface area contributed by atoms with Gasteiger partial charge in [-0.25, -0.2) is 8.78 Å². The Balaban J connectivity index is 2.15. The lowest BCUT2D eigenvalue weighted by Gasteiger charge is -2.19. The topological polar surface area (TPSA) is 32.7 Å². The van der Waals surface area contributed by atoms with E-state index in [-0.39, 0.29) is 23.2 Å². The highest BCUT2D eigenvalue weighted by Gasteiger charge is 2.32. The fourth-order valence-corrected chi connectivity index (χ4v) is 2.34. The highest BCUT2D eigenvalue weighted by Crippen LogP contribution is 2.30. The van der Waals surface area contributed by atoms with Gasteiger partial charge in [-0.05, 0) is 18.9 Å². The lowest BCUT2D eigenvalue weighted by molar-refractivity contribution is 0.0774. The van der Waals surface area contributed by atoms with Crippen molar-refractivity contribution in [3.05, 3.63) is 29.3 Å². The number of hydrogen-bond acceptors (Lipinski definition) is 2. The van der Waals surface area contributed by atoms with Gasteiger partial charge >= 0.3 is 0 Å². The molecule has 1 fully saturated rings. The Morgan fingerprint density at radius 3 is 2.88 bits per heavy atom. The van der Waals surface area contributed by atoms with E-state index < -0.39 is 11.6 Å². The van der Waals surface area contributed by atoms with Crippen LogP contribution in [-0.2, 0) is 0 Å². The molecule has 2 aliphatic rings. The van der Waals surface area contributed by atoms with Gasteiger partial charge in [-0.15, -0.1) is 0 Å². The Kier molecular flexibility index (Phi) is 2.21. The second-order valence-electron chi connectivity index (χ2n) is 4.27. The molecule has 1 aromatic carbocycles. The molecule has 5 heteroatoms. The van der Waals surface area contributed by atoms with Crippen LogP contribution in [0, 0.1) is 11.6 Å². The number of nitrogens with zero attached hydrogens (tertiary/aromatic N) is 2. The van der Waals surface area contributed by atoms with Gasteiger partial charge in [-0.1, -0.05) is 0 Å². The quantitative estimate of drug-likeness (QED) is 0.680.